The second kappa shape index (κ2) is 14.9. The summed E-state index contributed by atoms with van der Waals surface area (Å²) in [7, 11) is -3.73. The van der Waals surface area contributed by atoms with Crippen molar-refractivity contribution in [1.29, 1.82) is 0 Å². The van der Waals surface area contributed by atoms with E-state index in [1.165, 1.54) is 17.0 Å². The molecule has 0 spiro atoms. The van der Waals surface area contributed by atoms with Crippen LogP contribution in [0.5, 0.6) is 0 Å². The monoisotopic (exact) mass is 637 g/mol. The van der Waals surface area contributed by atoms with E-state index in [1.54, 1.807) is 18.2 Å². The summed E-state index contributed by atoms with van der Waals surface area (Å²) < 4.78 is 26.4. The predicted octanol–water partition coefficient (Wildman–Crippen LogP) is 6.36. The molecular weight excluding hydrogens is 605 g/mol. The minimum Gasteiger partial charge on any atom is -0.352 e. The first-order valence-electron chi connectivity index (χ1n) is 13.2. The maximum absolute atomic E-state index is 13.9. The molecule has 1 unspecified atom stereocenters. The quantitative estimate of drug-likeness (QED) is 0.236. The zero-order valence-corrected chi connectivity index (χ0v) is 26.3. The van der Waals surface area contributed by atoms with Gasteiger partial charge < -0.3 is 10.2 Å². The summed E-state index contributed by atoms with van der Waals surface area (Å²) in [5.74, 6) is -0.594. The van der Waals surface area contributed by atoms with Crippen LogP contribution < -0.4 is 9.62 Å². The lowest BCUT2D eigenvalue weighted by atomic mass is 10.0. The van der Waals surface area contributed by atoms with Gasteiger partial charge in [0, 0.05) is 42.0 Å². The van der Waals surface area contributed by atoms with Crippen molar-refractivity contribution in [2.45, 2.75) is 51.7 Å². The molecule has 0 aliphatic heterocycles. The lowest BCUT2D eigenvalue weighted by Crippen LogP contribution is -2.51. The van der Waals surface area contributed by atoms with Crippen molar-refractivity contribution in [2.75, 3.05) is 17.1 Å². The third kappa shape index (κ3) is 9.64. The van der Waals surface area contributed by atoms with Crippen molar-refractivity contribution in [2.24, 2.45) is 0 Å². The van der Waals surface area contributed by atoms with E-state index in [0.717, 1.165) is 16.1 Å². The molecule has 7 nitrogen and oxygen atoms in total. The minimum atomic E-state index is -3.73. The molecule has 2 amide bonds. The molecule has 0 bridgehead atoms. The highest BCUT2D eigenvalue weighted by Gasteiger charge is 2.31. The average molecular weight is 639 g/mol. The number of hydrogen-bond donors (Lipinski definition) is 1. The number of halogens is 3. The fraction of sp³-hybridized carbons (Fsp3) is 0.333. The molecule has 1 atom stereocenters. The number of rotatable bonds is 13. The van der Waals surface area contributed by atoms with E-state index >= 15 is 0 Å². The fourth-order valence-corrected chi connectivity index (χ4v) is 6.00. The number of nitrogens with one attached hydrogen (secondary N) is 1. The van der Waals surface area contributed by atoms with Crippen molar-refractivity contribution in [3.8, 4) is 0 Å². The minimum absolute atomic E-state index is 0.00783. The van der Waals surface area contributed by atoms with E-state index in [2.05, 4.69) is 5.32 Å². The van der Waals surface area contributed by atoms with E-state index in [9.17, 15) is 18.0 Å². The number of hydrogen-bond acceptors (Lipinski definition) is 4. The largest absolute Gasteiger partial charge is 0.352 e. The van der Waals surface area contributed by atoms with Gasteiger partial charge in [-0.3, -0.25) is 13.9 Å². The van der Waals surface area contributed by atoms with Crippen molar-refractivity contribution in [1.82, 2.24) is 10.2 Å². The summed E-state index contributed by atoms with van der Waals surface area (Å²) in [6.45, 7) is 3.82. The molecule has 0 aromatic heterocycles. The molecule has 0 saturated carbocycles. The Hall–Kier alpha value is -2.78. The second-order valence-electron chi connectivity index (χ2n) is 10.0. The summed E-state index contributed by atoms with van der Waals surface area (Å²) in [6.07, 6.45) is 1.53. The molecule has 0 heterocycles. The van der Waals surface area contributed by atoms with Crippen LogP contribution in [0.2, 0.25) is 15.1 Å². The molecule has 3 aromatic rings. The Morgan fingerprint density at radius 1 is 0.902 bits per heavy atom. The maximum Gasteiger partial charge on any atom is 0.243 e. The highest BCUT2D eigenvalue weighted by atomic mass is 35.5. The Morgan fingerprint density at radius 2 is 1.56 bits per heavy atom. The molecule has 220 valence electrons. The molecule has 41 heavy (non-hydrogen) atoms. The summed E-state index contributed by atoms with van der Waals surface area (Å²) >= 11 is 18.9. The number of benzene rings is 3. The second-order valence-corrected chi connectivity index (χ2v) is 13.2. The first-order chi connectivity index (χ1) is 19.4. The van der Waals surface area contributed by atoms with Gasteiger partial charge in [0.1, 0.15) is 6.04 Å². The molecule has 0 fully saturated rings. The maximum atomic E-state index is 13.9. The van der Waals surface area contributed by atoms with Crippen LogP contribution in [-0.4, -0.2) is 50.0 Å². The fourth-order valence-electron chi connectivity index (χ4n) is 4.40. The van der Waals surface area contributed by atoms with Crippen LogP contribution in [0.1, 0.15) is 37.8 Å². The van der Waals surface area contributed by atoms with E-state index < -0.39 is 16.1 Å². The average Bonchev–Trinajstić information content (AvgIpc) is 2.90. The Balaban J connectivity index is 1.91. The third-order valence-corrected chi connectivity index (χ3v) is 8.43. The SMILES string of the molecule is CC(C)NC(=O)C(Cc1ccccc1)N(Cc1ccccc1Cl)C(=O)CCCN(c1cc(Cl)ccc1Cl)S(C)(=O)=O. The Labute approximate surface area is 257 Å². The first kappa shape index (κ1) is 32.7. The first-order valence-corrected chi connectivity index (χ1v) is 16.1. The highest BCUT2D eigenvalue weighted by molar-refractivity contribution is 7.92. The van der Waals surface area contributed by atoms with Crippen molar-refractivity contribution < 1.29 is 18.0 Å². The molecule has 1 N–H and O–H groups in total. The van der Waals surface area contributed by atoms with Crippen LogP contribution in [0, 0.1) is 0 Å². The molecule has 0 saturated heterocycles. The molecule has 3 aromatic carbocycles. The van der Waals surface area contributed by atoms with Crippen LogP contribution in [0.3, 0.4) is 0 Å². The number of sulfonamides is 1. The standard InChI is InChI=1S/C30H34Cl3N3O4S/c1-21(2)34-30(38)28(18-22-10-5-4-6-11-22)35(20-23-12-7-8-13-25(23)32)29(37)14-9-17-36(41(3,39)40)27-19-24(31)15-16-26(27)33/h4-8,10-13,15-16,19,21,28H,9,14,17-18,20H2,1-3H3,(H,34,38). The Kier molecular flexibility index (Phi) is 11.9. The van der Waals surface area contributed by atoms with Crippen molar-refractivity contribution in [3.63, 3.8) is 0 Å². The van der Waals surface area contributed by atoms with Crippen LogP contribution in [0.15, 0.2) is 72.8 Å². The van der Waals surface area contributed by atoms with Crippen LogP contribution in [-0.2, 0) is 32.6 Å². The number of nitrogens with zero attached hydrogens (tertiary/aromatic N) is 2. The zero-order chi connectivity index (χ0) is 30.2. The number of carbonyl (C=O) groups excluding carboxylic acids is 2. The number of carbonyl (C=O) groups is 2. The Morgan fingerprint density at radius 3 is 2.20 bits per heavy atom. The van der Waals surface area contributed by atoms with Gasteiger partial charge in [0.15, 0.2) is 0 Å². The summed E-state index contributed by atoms with van der Waals surface area (Å²) in [5.41, 5.74) is 1.83. The van der Waals surface area contributed by atoms with Gasteiger partial charge in [-0.15, -0.1) is 0 Å². The van der Waals surface area contributed by atoms with Crippen LogP contribution in [0.4, 0.5) is 5.69 Å². The van der Waals surface area contributed by atoms with Crippen LogP contribution in [0.25, 0.3) is 0 Å². The van der Waals surface area contributed by atoms with Crippen LogP contribution >= 0.6 is 34.8 Å². The number of anilines is 1. The summed E-state index contributed by atoms with van der Waals surface area (Å²) in [4.78, 5) is 28.9. The van der Waals surface area contributed by atoms with Gasteiger partial charge in [-0.1, -0.05) is 83.3 Å². The summed E-state index contributed by atoms with van der Waals surface area (Å²) in [6, 6.07) is 20.2. The summed E-state index contributed by atoms with van der Waals surface area (Å²) in [5, 5.41) is 3.98. The number of amides is 2. The van der Waals surface area contributed by atoms with Gasteiger partial charge in [0.05, 0.1) is 17.0 Å². The zero-order valence-electron chi connectivity index (χ0n) is 23.2. The van der Waals surface area contributed by atoms with E-state index in [4.69, 9.17) is 34.8 Å². The molecule has 0 aliphatic rings. The molecule has 11 heteroatoms. The molecular formula is C30H34Cl3N3O4S. The van der Waals surface area contributed by atoms with Crippen molar-refractivity contribution >= 4 is 62.3 Å². The van der Waals surface area contributed by atoms with Gasteiger partial charge in [-0.2, -0.15) is 0 Å². The lowest BCUT2D eigenvalue weighted by Gasteiger charge is -2.32. The van der Waals surface area contributed by atoms with E-state index in [1.807, 2.05) is 56.3 Å². The van der Waals surface area contributed by atoms with Gasteiger partial charge in [0.25, 0.3) is 0 Å². The normalized spacial score (nSPS) is 12.2. The van der Waals surface area contributed by atoms with Gasteiger partial charge in [-0.05, 0) is 55.7 Å². The molecule has 0 aliphatic carbocycles. The van der Waals surface area contributed by atoms with E-state index in [-0.39, 0.29) is 54.5 Å². The topological polar surface area (TPSA) is 86.8 Å². The molecule has 0 radical (unpaired) electrons. The smallest absolute Gasteiger partial charge is 0.243 e. The van der Waals surface area contributed by atoms with Crippen molar-refractivity contribution in [3.05, 3.63) is 99.0 Å². The molecule has 3 rings (SSSR count). The highest BCUT2D eigenvalue weighted by Crippen LogP contribution is 2.31. The van der Waals surface area contributed by atoms with Gasteiger partial charge in [-0.25, -0.2) is 8.42 Å². The Bertz CT molecular complexity index is 1450. The lowest BCUT2D eigenvalue weighted by molar-refractivity contribution is -0.141. The third-order valence-electron chi connectivity index (χ3n) is 6.33. The predicted molar refractivity (Wildman–Crippen MR) is 167 cm³/mol. The van der Waals surface area contributed by atoms with Gasteiger partial charge >= 0.3 is 0 Å². The van der Waals surface area contributed by atoms with E-state index in [0.29, 0.717) is 22.0 Å². The van der Waals surface area contributed by atoms with Gasteiger partial charge in [0.2, 0.25) is 21.8 Å².